The third-order valence-corrected chi connectivity index (χ3v) is 3.11. The summed E-state index contributed by atoms with van der Waals surface area (Å²) in [5.74, 6) is 1.14. The molecular formula is C9H16. The molecule has 0 aromatic carbocycles. The Morgan fingerprint density at radius 2 is 2.00 bits per heavy atom. The summed E-state index contributed by atoms with van der Waals surface area (Å²) in [5.41, 5.74) is 0.824. The third kappa shape index (κ3) is 1.12. The second-order valence-corrected chi connectivity index (χ2v) is 4.31. The van der Waals surface area contributed by atoms with Crippen molar-refractivity contribution in [3.05, 3.63) is 0 Å². The van der Waals surface area contributed by atoms with Crippen molar-refractivity contribution >= 4 is 0 Å². The van der Waals surface area contributed by atoms with Gasteiger partial charge >= 0.3 is 0 Å². The lowest BCUT2D eigenvalue weighted by molar-refractivity contribution is 0.247. The van der Waals surface area contributed by atoms with E-state index < -0.39 is 0 Å². The van der Waals surface area contributed by atoms with Crippen molar-refractivity contribution in [3.63, 3.8) is 0 Å². The van der Waals surface area contributed by atoms with Crippen LogP contribution in [0, 0.1) is 11.3 Å². The summed E-state index contributed by atoms with van der Waals surface area (Å²) >= 11 is 0. The van der Waals surface area contributed by atoms with Gasteiger partial charge in [-0.25, -0.2) is 0 Å². The molecule has 0 radical (unpaired) electrons. The lowest BCUT2D eigenvalue weighted by Gasteiger charge is -2.27. The highest BCUT2D eigenvalue weighted by atomic mass is 14.4. The molecule has 0 heteroatoms. The monoisotopic (exact) mass is 124 g/mol. The molecule has 0 amide bonds. The number of hydrogen-bond acceptors (Lipinski definition) is 0. The van der Waals surface area contributed by atoms with Crippen LogP contribution in [0.3, 0.4) is 0 Å². The molecule has 2 aliphatic rings. The summed E-state index contributed by atoms with van der Waals surface area (Å²) in [6, 6.07) is 0. The molecule has 0 aromatic heterocycles. The molecule has 2 rings (SSSR count). The zero-order valence-electron chi connectivity index (χ0n) is 6.32. The highest BCUT2D eigenvalue weighted by molar-refractivity contribution is 4.91. The predicted molar refractivity (Wildman–Crippen MR) is 39.3 cm³/mol. The van der Waals surface area contributed by atoms with E-state index in [2.05, 4.69) is 6.92 Å². The van der Waals surface area contributed by atoms with E-state index in [-0.39, 0.29) is 0 Å². The van der Waals surface area contributed by atoms with E-state index in [1.54, 1.807) is 6.42 Å². The van der Waals surface area contributed by atoms with Crippen LogP contribution in [0.1, 0.15) is 45.4 Å². The van der Waals surface area contributed by atoms with Crippen molar-refractivity contribution in [2.24, 2.45) is 11.3 Å². The normalized spacial score (nSPS) is 31.7. The quantitative estimate of drug-likeness (QED) is 0.531. The summed E-state index contributed by atoms with van der Waals surface area (Å²) in [6.07, 6.45) is 9.17. The molecule has 0 unspecified atom stereocenters. The molecule has 0 saturated heterocycles. The lowest BCUT2D eigenvalue weighted by Crippen LogP contribution is -2.14. The summed E-state index contributed by atoms with van der Waals surface area (Å²) < 4.78 is 0. The Kier molecular flexibility index (Phi) is 1.12. The van der Waals surface area contributed by atoms with Crippen LogP contribution in [-0.2, 0) is 0 Å². The van der Waals surface area contributed by atoms with Crippen molar-refractivity contribution in [2.45, 2.75) is 45.4 Å². The Morgan fingerprint density at radius 1 is 1.33 bits per heavy atom. The van der Waals surface area contributed by atoms with Gasteiger partial charge in [-0.15, -0.1) is 0 Å². The minimum Gasteiger partial charge on any atom is -0.0596 e. The zero-order chi connectivity index (χ0) is 6.32. The average molecular weight is 124 g/mol. The molecule has 0 bridgehead atoms. The van der Waals surface area contributed by atoms with E-state index in [9.17, 15) is 0 Å². The predicted octanol–water partition coefficient (Wildman–Crippen LogP) is 2.98. The number of hydrogen-bond donors (Lipinski definition) is 0. The first-order valence-electron chi connectivity index (χ1n) is 4.29. The van der Waals surface area contributed by atoms with E-state index in [4.69, 9.17) is 0 Å². The van der Waals surface area contributed by atoms with Crippen molar-refractivity contribution in [1.82, 2.24) is 0 Å². The van der Waals surface area contributed by atoms with Crippen molar-refractivity contribution in [3.8, 4) is 0 Å². The maximum Gasteiger partial charge on any atom is -0.0323 e. The fourth-order valence-electron chi connectivity index (χ4n) is 1.81. The van der Waals surface area contributed by atoms with Gasteiger partial charge in [0.05, 0.1) is 0 Å². The molecule has 0 aromatic rings. The van der Waals surface area contributed by atoms with Crippen molar-refractivity contribution in [2.75, 3.05) is 0 Å². The lowest BCUT2D eigenvalue weighted by atomic mass is 9.78. The molecule has 2 aliphatic carbocycles. The van der Waals surface area contributed by atoms with E-state index in [0.717, 1.165) is 11.3 Å². The second-order valence-electron chi connectivity index (χ2n) is 4.31. The first-order chi connectivity index (χ1) is 4.29. The van der Waals surface area contributed by atoms with Crippen LogP contribution in [-0.4, -0.2) is 0 Å². The molecule has 0 aliphatic heterocycles. The fraction of sp³-hybridized carbons (Fsp3) is 1.00. The van der Waals surface area contributed by atoms with Crippen LogP contribution in [0.25, 0.3) is 0 Å². The van der Waals surface area contributed by atoms with Crippen LogP contribution in [0.5, 0.6) is 0 Å². The van der Waals surface area contributed by atoms with Crippen LogP contribution in [0.2, 0.25) is 0 Å². The maximum absolute atomic E-state index is 2.45. The van der Waals surface area contributed by atoms with Crippen LogP contribution < -0.4 is 0 Å². The smallest absolute Gasteiger partial charge is 0.0323 e. The molecular weight excluding hydrogens is 108 g/mol. The molecule has 9 heavy (non-hydrogen) atoms. The number of rotatable bonds is 2. The SMILES string of the molecule is CC1(CC2CCC2)CC1. The van der Waals surface area contributed by atoms with Crippen molar-refractivity contribution < 1.29 is 0 Å². The summed E-state index contributed by atoms with van der Waals surface area (Å²) in [7, 11) is 0. The molecule has 0 nitrogen and oxygen atoms in total. The van der Waals surface area contributed by atoms with Gasteiger partial charge in [-0.05, 0) is 30.6 Å². The van der Waals surface area contributed by atoms with E-state index in [0.29, 0.717) is 0 Å². The summed E-state index contributed by atoms with van der Waals surface area (Å²) in [4.78, 5) is 0. The third-order valence-electron chi connectivity index (χ3n) is 3.11. The topological polar surface area (TPSA) is 0 Å². The maximum atomic E-state index is 2.45. The van der Waals surface area contributed by atoms with Gasteiger partial charge in [-0.1, -0.05) is 26.2 Å². The Bertz CT molecular complexity index is 107. The highest BCUT2D eigenvalue weighted by Crippen LogP contribution is 2.52. The molecule has 2 saturated carbocycles. The largest absolute Gasteiger partial charge is 0.0596 e. The van der Waals surface area contributed by atoms with Gasteiger partial charge in [0.2, 0.25) is 0 Å². The standard InChI is InChI=1S/C9H16/c1-9(5-6-9)7-8-3-2-4-8/h8H,2-7H2,1H3. The van der Waals surface area contributed by atoms with Gasteiger partial charge in [-0.3, -0.25) is 0 Å². The minimum absolute atomic E-state index is 0.824. The molecule has 0 N–H and O–H groups in total. The Hall–Kier alpha value is 0. The summed E-state index contributed by atoms with van der Waals surface area (Å²) in [6.45, 7) is 2.45. The molecule has 0 spiro atoms. The molecule has 0 atom stereocenters. The van der Waals surface area contributed by atoms with Gasteiger partial charge in [0.25, 0.3) is 0 Å². The Morgan fingerprint density at radius 3 is 2.33 bits per heavy atom. The highest BCUT2D eigenvalue weighted by Gasteiger charge is 2.40. The summed E-state index contributed by atoms with van der Waals surface area (Å²) in [5, 5.41) is 0. The second kappa shape index (κ2) is 1.74. The molecule has 0 heterocycles. The van der Waals surface area contributed by atoms with Gasteiger partial charge in [0.15, 0.2) is 0 Å². The Labute approximate surface area is 57.6 Å². The minimum atomic E-state index is 0.824. The van der Waals surface area contributed by atoms with Gasteiger partial charge in [0, 0.05) is 0 Å². The van der Waals surface area contributed by atoms with E-state index in [1.807, 2.05) is 0 Å². The first kappa shape index (κ1) is 5.76. The average Bonchev–Trinajstić information content (AvgIpc) is 2.39. The molecule has 52 valence electrons. The van der Waals surface area contributed by atoms with Crippen LogP contribution in [0.15, 0.2) is 0 Å². The fourth-order valence-corrected chi connectivity index (χ4v) is 1.81. The van der Waals surface area contributed by atoms with E-state index >= 15 is 0 Å². The zero-order valence-corrected chi connectivity index (χ0v) is 6.32. The van der Waals surface area contributed by atoms with Gasteiger partial charge in [-0.2, -0.15) is 0 Å². The first-order valence-corrected chi connectivity index (χ1v) is 4.29. The van der Waals surface area contributed by atoms with Crippen molar-refractivity contribution in [1.29, 1.82) is 0 Å². The molecule has 2 fully saturated rings. The van der Waals surface area contributed by atoms with E-state index in [1.165, 1.54) is 32.1 Å². The van der Waals surface area contributed by atoms with Gasteiger partial charge in [0.1, 0.15) is 0 Å². The van der Waals surface area contributed by atoms with Crippen LogP contribution in [0.4, 0.5) is 0 Å². The Balaban J connectivity index is 1.76. The van der Waals surface area contributed by atoms with Gasteiger partial charge < -0.3 is 0 Å². The van der Waals surface area contributed by atoms with Crippen LogP contribution >= 0.6 is 0 Å².